The molecular weight excluding hydrogens is 606 g/mol. The normalized spacial score (nSPS) is 16.4. The molecule has 2 N–H and O–H groups in total. The number of ether oxygens (including phenoxy) is 6. The molecule has 1 aliphatic heterocycles. The Balaban J connectivity index is 1.56. The van der Waals surface area contributed by atoms with Crippen LogP contribution < -0.4 is 29.4 Å². The van der Waals surface area contributed by atoms with Gasteiger partial charge in [-0.2, -0.15) is 0 Å². The number of carbonyl (C=O) groups is 1. The number of carbonyl (C=O) groups excluding carboxylic acids is 1. The zero-order chi connectivity index (χ0) is 31.9. The summed E-state index contributed by atoms with van der Waals surface area (Å²) in [6.45, 7) is 2.05. The lowest BCUT2D eigenvalue weighted by atomic mass is 10.0. The second kappa shape index (κ2) is 14.9. The van der Waals surface area contributed by atoms with Gasteiger partial charge in [0, 0.05) is 16.2 Å². The van der Waals surface area contributed by atoms with E-state index in [0.29, 0.717) is 59.1 Å². The summed E-state index contributed by atoms with van der Waals surface area (Å²) in [5, 5.41) is 0. The third-order valence-corrected chi connectivity index (χ3v) is 10.2. The van der Waals surface area contributed by atoms with Crippen molar-refractivity contribution in [2.45, 2.75) is 48.2 Å². The zero-order valence-electron chi connectivity index (χ0n) is 25.6. The molecule has 0 spiro atoms. The van der Waals surface area contributed by atoms with E-state index in [4.69, 9.17) is 34.2 Å². The van der Waals surface area contributed by atoms with Crippen LogP contribution in [0.4, 0.5) is 0 Å². The molecule has 0 radical (unpaired) electrons. The van der Waals surface area contributed by atoms with Crippen molar-refractivity contribution in [3.8, 4) is 28.7 Å². The van der Waals surface area contributed by atoms with Crippen LogP contribution in [0.5, 0.6) is 28.7 Å². The van der Waals surface area contributed by atoms with Crippen LogP contribution in [0.2, 0.25) is 0 Å². The van der Waals surface area contributed by atoms with Gasteiger partial charge in [0.25, 0.3) is 0 Å². The molecule has 1 saturated heterocycles. The maximum Gasteiger partial charge on any atom is 0.248 e. The molecule has 10 nitrogen and oxygen atoms in total. The maximum atomic E-state index is 13.5. The molecule has 0 aromatic heterocycles. The van der Waals surface area contributed by atoms with Crippen molar-refractivity contribution in [2.24, 2.45) is 5.73 Å². The Morgan fingerprint density at radius 3 is 1.91 bits per heavy atom. The fourth-order valence-corrected chi connectivity index (χ4v) is 7.37. The molecule has 4 rings (SSSR count). The van der Waals surface area contributed by atoms with Crippen LogP contribution in [0, 0.1) is 0 Å². The van der Waals surface area contributed by atoms with E-state index in [1.807, 2.05) is 31.2 Å². The molecule has 3 aromatic rings. The van der Waals surface area contributed by atoms with Crippen LogP contribution in [-0.2, 0) is 14.6 Å². The van der Waals surface area contributed by atoms with Crippen LogP contribution in [0.3, 0.4) is 0 Å². The molecule has 0 saturated carbocycles. The second-order valence-electron chi connectivity index (χ2n) is 10.1. The summed E-state index contributed by atoms with van der Waals surface area (Å²) in [5.41, 5.74) is 7.31. The van der Waals surface area contributed by atoms with Crippen molar-refractivity contribution >= 4 is 27.5 Å². The fraction of sp³-hybridized carbons (Fsp3) is 0.406. The molecule has 0 aliphatic carbocycles. The number of rotatable bonds is 15. The van der Waals surface area contributed by atoms with Crippen LogP contribution in [0.1, 0.15) is 59.9 Å². The lowest BCUT2D eigenvalue weighted by Gasteiger charge is -2.21. The molecule has 44 heavy (non-hydrogen) atoms. The largest absolute Gasteiger partial charge is 0.493 e. The molecule has 1 aliphatic rings. The molecule has 3 aromatic carbocycles. The van der Waals surface area contributed by atoms with E-state index < -0.39 is 15.7 Å². The first-order chi connectivity index (χ1) is 21.1. The van der Waals surface area contributed by atoms with E-state index in [0.717, 1.165) is 10.5 Å². The number of benzene rings is 3. The molecule has 12 heteroatoms. The fourth-order valence-electron chi connectivity index (χ4n) is 5.12. The topological polar surface area (TPSA) is 133 Å². The van der Waals surface area contributed by atoms with E-state index in [1.54, 1.807) is 45.6 Å². The molecule has 1 fully saturated rings. The van der Waals surface area contributed by atoms with Gasteiger partial charge in [-0.05, 0) is 78.9 Å². The highest BCUT2D eigenvalue weighted by molar-refractivity contribution is 7.99. The average molecular weight is 646 g/mol. The first kappa shape index (κ1) is 33.3. The average Bonchev–Trinajstić information content (AvgIpc) is 3.52. The lowest BCUT2D eigenvalue weighted by Crippen LogP contribution is -2.13. The maximum absolute atomic E-state index is 13.5. The van der Waals surface area contributed by atoms with Crippen LogP contribution in [0.25, 0.3) is 0 Å². The van der Waals surface area contributed by atoms with Crippen molar-refractivity contribution < 1.29 is 41.6 Å². The van der Waals surface area contributed by atoms with Gasteiger partial charge < -0.3 is 34.2 Å². The lowest BCUT2D eigenvalue weighted by molar-refractivity contribution is 0.0435. The van der Waals surface area contributed by atoms with Gasteiger partial charge in [0.05, 0.1) is 53.0 Å². The molecule has 2 atom stereocenters. The number of nitrogens with two attached hydrogens (primary N) is 1. The summed E-state index contributed by atoms with van der Waals surface area (Å²) in [4.78, 5) is 12.3. The van der Waals surface area contributed by atoms with Gasteiger partial charge >= 0.3 is 0 Å². The third kappa shape index (κ3) is 7.54. The quantitative estimate of drug-likeness (QED) is 0.161. The Bertz CT molecular complexity index is 1530. The van der Waals surface area contributed by atoms with Crippen molar-refractivity contribution in [1.82, 2.24) is 0 Å². The summed E-state index contributed by atoms with van der Waals surface area (Å²) < 4.78 is 61.6. The van der Waals surface area contributed by atoms with E-state index in [2.05, 4.69) is 0 Å². The first-order valence-electron chi connectivity index (χ1n) is 14.2. The van der Waals surface area contributed by atoms with Crippen LogP contribution in [0.15, 0.2) is 58.3 Å². The Hall–Kier alpha value is -3.61. The molecule has 0 bridgehead atoms. The van der Waals surface area contributed by atoms with E-state index in [1.165, 1.54) is 18.9 Å². The number of hydrogen-bond donors (Lipinski definition) is 1. The van der Waals surface area contributed by atoms with Gasteiger partial charge in [0.1, 0.15) is 4.90 Å². The van der Waals surface area contributed by atoms with Crippen molar-refractivity contribution in [2.75, 3.05) is 46.6 Å². The van der Waals surface area contributed by atoms with Crippen molar-refractivity contribution in [1.29, 1.82) is 0 Å². The minimum absolute atomic E-state index is 0.0312. The number of hydrogen-bond acceptors (Lipinski definition) is 10. The third-order valence-electron chi connectivity index (χ3n) is 7.26. The minimum Gasteiger partial charge on any atom is -0.493 e. The number of amides is 1. The highest BCUT2D eigenvalue weighted by Crippen LogP contribution is 2.48. The van der Waals surface area contributed by atoms with Gasteiger partial charge in [0.2, 0.25) is 11.7 Å². The molecule has 1 heterocycles. The smallest absolute Gasteiger partial charge is 0.248 e. The van der Waals surface area contributed by atoms with Gasteiger partial charge in [0.15, 0.2) is 32.8 Å². The minimum atomic E-state index is -3.68. The molecule has 1 unspecified atom stereocenters. The van der Waals surface area contributed by atoms with Crippen molar-refractivity contribution in [3.05, 3.63) is 65.2 Å². The Labute approximate surface area is 263 Å². The molecule has 1 amide bonds. The van der Waals surface area contributed by atoms with Gasteiger partial charge in [-0.3, -0.25) is 4.79 Å². The summed E-state index contributed by atoms with van der Waals surface area (Å²) in [5.74, 6) is 2.10. The summed E-state index contributed by atoms with van der Waals surface area (Å²) >= 11 is 1.51. The molecular formula is C32H39NO9S2. The monoisotopic (exact) mass is 645 g/mol. The number of sulfone groups is 1. The van der Waals surface area contributed by atoms with Crippen LogP contribution >= 0.6 is 11.8 Å². The molecule has 238 valence electrons. The first-order valence-corrected chi connectivity index (χ1v) is 16.8. The Morgan fingerprint density at radius 1 is 0.864 bits per heavy atom. The van der Waals surface area contributed by atoms with Gasteiger partial charge in [-0.15, -0.1) is 11.8 Å². The summed E-state index contributed by atoms with van der Waals surface area (Å²) in [7, 11) is 2.50. The van der Waals surface area contributed by atoms with E-state index in [-0.39, 0.29) is 35.2 Å². The van der Waals surface area contributed by atoms with Gasteiger partial charge in [-0.1, -0.05) is 6.92 Å². The standard InChI is InChI=1S/C32H39NO9S2/c1-6-15-44(35,36)29-19-22(25-12-11-24(42-25)21-16-26(37-2)30(40-5)27(17-21)38-3)18-28(39-4)31(29)41-13-14-43-23-9-7-20(8-10-23)32(33)34/h7-10,16-19,24-25H,6,11-15H2,1-5H3,(H2,33,34)/t24-,25?/m0/s1. The SMILES string of the molecule is CCCS(=O)(=O)c1cc(C2CC[C@@H](c3cc(OC)c(OC)c(OC)c3)O2)cc(OC)c1OCCSc1ccc(C(N)=O)cc1. The number of thioether (sulfide) groups is 1. The Morgan fingerprint density at radius 2 is 1.41 bits per heavy atom. The summed E-state index contributed by atoms with van der Waals surface area (Å²) in [6.07, 6.45) is 1.20. The van der Waals surface area contributed by atoms with Crippen LogP contribution in [-0.4, -0.2) is 60.9 Å². The Kier molecular flexibility index (Phi) is 11.3. The predicted molar refractivity (Wildman–Crippen MR) is 168 cm³/mol. The summed E-state index contributed by atoms with van der Waals surface area (Å²) in [6, 6.07) is 14.1. The number of methoxy groups -OCH3 is 4. The number of primary amides is 1. The van der Waals surface area contributed by atoms with Crippen molar-refractivity contribution in [3.63, 3.8) is 0 Å². The highest BCUT2D eigenvalue weighted by atomic mass is 32.2. The van der Waals surface area contributed by atoms with E-state index >= 15 is 0 Å². The highest BCUT2D eigenvalue weighted by Gasteiger charge is 2.32. The predicted octanol–water partition coefficient (Wildman–Crippen LogP) is 5.77. The second-order valence-corrected chi connectivity index (χ2v) is 13.4. The van der Waals surface area contributed by atoms with Gasteiger partial charge in [-0.25, -0.2) is 8.42 Å². The zero-order valence-corrected chi connectivity index (χ0v) is 27.2. The van der Waals surface area contributed by atoms with E-state index in [9.17, 15) is 13.2 Å².